The van der Waals surface area contributed by atoms with Gasteiger partial charge in [-0.3, -0.25) is 4.90 Å². The third-order valence-electron chi connectivity index (χ3n) is 4.39. The molecule has 0 bridgehead atoms. The SMILES string of the molecule is CCn1c(CN2CCCCCC2)cc2cccc(O)c21. The van der Waals surface area contributed by atoms with Gasteiger partial charge in [0.15, 0.2) is 0 Å². The van der Waals surface area contributed by atoms with Crippen molar-refractivity contribution in [2.75, 3.05) is 13.1 Å². The third kappa shape index (κ3) is 2.55. The van der Waals surface area contributed by atoms with E-state index < -0.39 is 0 Å². The van der Waals surface area contributed by atoms with Crippen LogP contribution in [0.25, 0.3) is 10.9 Å². The Labute approximate surface area is 120 Å². The number of hydrogen-bond donors (Lipinski definition) is 1. The fourth-order valence-electron chi connectivity index (χ4n) is 3.38. The van der Waals surface area contributed by atoms with Crippen molar-refractivity contribution < 1.29 is 5.11 Å². The smallest absolute Gasteiger partial charge is 0.139 e. The predicted octanol–water partition coefficient (Wildman–Crippen LogP) is 3.74. The molecule has 1 aliphatic rings. The molecule has 1 aromatic heterocycles. The quantitative estimate of drug-likeness (QED) is 0.922. The van der Waals surface area contributed by atoms with E-state index in [9.17, 15) is 5.11 Å². The number of likely N-dealkylation sites (tertiary alicyclic amines) is 1. The maximum Gasteiger partial charge on any atom is 0.139 e. The van der Waals surface area contributed by atoms with E-state index in [-0.39, 0.29) is 0 Å². The van der Waals surface area contributed by atoms with Gasteiger partial charge in [0.1, 0.15) is 5.75 Å². The van der Waals surface area contributed by atoms with Crippen molar-refractivity contribution in [3.8, 4) is 5.75 Å². The summed E-state index contributed by atoms with van der Waals surface area (Å²) >= 11 is 0. The molecule has 0 aliphatic carbocycles. The van der Waals surface area contributed by atoms with Gasteiger partial charge in [0.25, 0.3) is 0 Å². The Morgan fingerprint density at radius 3 is 2.55 bits per heavy atom. The fraction of sp³-hybridized carbons (Fsp3) is 0.529. The molecule has 3 nitrogen and oxygen atoms in total. The molecular formula is C17H24N2O. The highest BCUT2D eigenvalue weighted by molar-refractivity contribution is 5.86. The van der Waals surface area contributed by atoms with Crippen molar-refractivity contribution in [2.24, 2.45) is 0 Å². The summed E-state index contributed by atoms with van der Waals surface area (Å²) in [5, 5.41) is 11.3. The minimum absolute atomic E-state index is 0.395. The second-order valence-electron chi connectivity index (χ2n) is 5.79. The van der Waals surface area contributed by atoms with Gasteiger partial charge in [-0.1, -0.05) is 25.0 Å². The number of fused-ring (bicyclic) bond motifs is 1. The lowest BCUT2D eigenvalue weighted by Crippen LogP contribution is -2.25. The number of aromatic hydroxyl groups is 1. The Morgan fingerprint density at radius 2 is 1.85 bits per heavy atom. The summed E-state index contributed by atoms with van der Waals surface area (Å²) in [5.74, 6) is 0.395. The highest BCUT2D eigenvalue weighted by Crippen LogP contribution is 2.29. The molecule has 0 spiro atoms. The number of phenols is 1. The normalized spacial score (nSPS) is 17.4. The summed E-state index contributed by atoms with van der Waals surface area (Å²) in [4.78, 5) is 2.56. The zero-order valence-corrected chi connectivity index (χ0v) is 12.3. The number of phenolic OH excluding ortho intramolecular Hbond substituents is 1. The predicted molar refractivity (Wildman–Crippen MR) is 83.0 cm³/mol. The lowest BCUT2D eigenvalue weighted by atomic mass is 10.2. The first-order valence-corrected chi connectivity index (χ1v) is 7.82. The summed E-state index contributed by atoms with van der Waals surface area (Å²) in [6, 6.07) is 8.04. The first-order valence-electron chi connectivity index (χ1n) is 7.82. The van der Waals surface area contributed by atoms with Crippen LogP contribution in [0.4, 0.5) is 0 Å². The molecule has 1 fully saturated rings. The van der Waals surface area contributed by atoms with Gasteiger partial charge >= 0.3 is 0 Å². The summed E-state index contributed by atoms with van der Waals surface area (Å²) in [6.45, 7) is 6.47. The number of aryl methyl sites for hydroxylation is 1. The molecule has 1 N–H and O–H groups in total. The van der Waals surface area contributed by atoms with Gasteiger partial charge in [-0.15, -0.1) is 0 Å². The Morgan fingerprint density at radius 1 is 1.10 bits per heavy atom. The second kappa shape index (κ2) is 5.88. The zero-order valence-electron chi connectivity index (χ0n) is 12.3. The summed E-state index contributed by atoms with van der Waals surface area (Å²) in [6.07, 6.45) is 5.37. The van der Waals surface area contributed by atoms with Crippen molar-refractivity contribution >= 4 is 10.9 Å². The maximum absolute atomic E-state index is 10.1. The molecule has 0 amide bonds. The average Bonchev–Trinajstić information content (AvgIpc) is 2.61. The first-order chi connectivity index (χ1) is 9.79. The molecule has 3 rings (SSSR count). The van der Waals surface area contributed by atoms with Crippen LogP contribution in [0.2, 0.25) is 0 Å². The van der Waals surface area contributed by atoms with E-state index in [0.717, 1.165) is 24.0 Å². The van der Waals surface area contributed by atoms with Crippen LogP contribution >= 0.6 is 0 Å². The van der Waals surface area contributed by atoms with Crippen LogP contribution in [0, 0.1) is 0 Å². The molecule has 20 heavy (non-hydrogen) atoms. The molecule has 0 atom stereocenters. The Bertz CT molecular complexity index is 580. The molecular weight excluding hydrogens is 248 g/mol. The molecule has 1 aliphatic heterocycles. The Hall–Kier alpha value is -1.48. The van der Waals surface area contributed by atoms with Crippen molar-refractivity contribution in [1.29, 1.82) is 0 Å². The van der Waals surface area contributed by atoms with Crippen LogP contribution in [-0.2, 0) is 13.1 Å². The summed E-state index contributed by atoms with van der Waals surface area (Å²) in [5.41, 5.74) is 2.31. The van der Waals surface area contributed by atoms with Crippen molar-refractivity contribution in [3.05, 3.63) is 30.0 Å². The minimum Gasteiger partial charge on any atom is -0.506 e. The molecule has 1 saturated heterocycles. The average molecular weight is 272 g/mol. The molecule has 0 radical (unpaired) electrons. The van der Waals surface area contributed by atoms with Gasteiger partial charge in [-0.25, -0.2) is 0 Å². The van der Waals surface area contributed by atoms with E-state index in [4.69, 9.17) is 0 Å². The van der Waals surface area contributed by atoms with Crippen LogP contribution in [0.15, 0.2) is 24.3 Å². The number of rotatable bonds is 3. The summed E-state index contributed by atoms with van der Waals surface area (Å²) < 4.78 is 2.26. The molecule has 2 heterocycles. The van der Waals surface area contributed by atoms with Gasteiger partial charge in [0.05, 0.1) is 5.52 Å². The van der Waals surface area contributed by atoms with Crippen LogP contribution in [0.1, 0.15) is 38.3 Å². The van der Waals surface area contributed by atoms with Gasteiger partial charge in [-0.05, 0) is 45.0 Å². The number of nitrogens with zero attached hydrogens (tertiary/aromatic N) is 2. The van der Waals surface area contributed by atoms with E-state index in [2.05, 4.69) is 28.5 Å². The van der Waals surface area contributed by atoms with E-state index >= 15 is 0 Å². The number of benzene rings is 1. The molecule has 3 heteroatoms. The number of para-hydroxylation sites is 1. The first kappa shape index (κ1) is 13.5. The Kier molecular flexibility index (Phi) is 3.97. The minimum atomic E-state index is 0.395. The van der Waals surface area contributed by atoms with Crippen molar-refractivity contribution in [1.82, 2.24) is 9.47 Å². The largest absolute Gasteiger partial charge is 0.506 e. The molecule has 2 aromatic rings. The van der Waals surface area contributed by atoms with E-state index in [1.54, 1.807) is 6.07 Å². The highest BCUT2D eigenvalue weighted by Gasteiger charge is 2.15. The lowest BCUT2D eigenvalue weighted by Gasteiger charge is -2.20. The molecule has 1 aromatic carbocycles. The number of aromatic nitrogens is 1. The van der Waals surface area contributed by atoms with E-state index in [1.165, 1.54) is 44.5 Å². The van der Waals surface area contributed by atoms with Gasteiger partial charge in [0, 0.05) is 24.2 Å². The van der Waals surface area contributed by atoms with Gasteiger partial charge in [0.2, 0.25) is 0 Å². The van der Waals surface area contributed by atoms with Crippen LogP contribution < -0.4 is 0 Å². The van der Waals surface area contributed by atoms with Gasteiger partial charge < -0.3 is 9.67 Å². The van der Waals surface area contributed by atoms with E-state index in [1.807, 2.05) is 6.07 Å². The summed E-state index contributed by atoms with van der Waals surface area (Å²) in [7, 11) is 0. The lowest BCUT2D eigenvalue weighted by molar-refractivity contribution is 0.270. The van der Waals surface area contributed by atoms with Crippen molar-refractivity contribution in [2.45, 2.75) is 45.7 Å². The number of hydrogen-bond acceptors (Lipinski definition) is 2. The van der Waals surface area contributed by atoms with Crippen LogP contribution in [-0.4, -0.2) is 27.7 Å². The maximum atomic E-state index is 10.1. The Balaban J connectivity index is 1.92. The van der Waals surface area contributed by atoms with E-state index in [0.29, 0.717) is 5.75 Å². The fourth-order valence-corrected chi connectivity index (χ4v) is 3.38. The molecule has 0 saturated carbocycles. The van der Waals surface area contributed by atoms with Crippen LogP contribution in [0.5, 0.6) is 5.75 Å². The topological polar surface area (TPSA) is 28.4 Å². The standard InChI is InChI=1S/C17H24N2O/c1-2-19-15(13-18-10-5-3-4-6-11-18)12-14-8-7-9-16(20)17(14)19/h7-9,12,20H,2-6,10-11,13H2,1H3. The van der Waals surface area contributed by atoms with Crippen molar-refractivity contribution in [3.63, 3.8) is 0 Å². The van der Waals surface area contributed by atoms with Crippen LogP contribution in [0.3, 0.4) is 0 Å². The molecule has 108 valence electrons. The second-order valence-corrected chi connectivity index (χ2v) is 5.79. The van der Waals surface area contributed by atoms with Gasteiger partial charge in [-0.2, -0.15) is 0 Å². The molecule has 0 unspecified atom stereocenters. The third-order valence-corrected chi connectivity index (χ3v) is 4.39. The monoisotopic (exact) mass is 272 g/mol. The zero-order chi connectivity index (χ0) is 13.9. The highest BCUT2D eigenvalue weighted by atomic mass is 16.3.